The van der Waals surface area contributed by atoms with Gasteiger partial charge in [-0.3, -0.25) is 5.10 Å². The van der Waals surface area contributed by atoms with Gasteiger partial charge in [0, 0.05) is 31.6 Å². The van der Waals surface area contributed by atoms with Gasteiger partial charge in [-0.15, -0.1) is 5.10 Å². The second-order valence-electron chi connectivity index (χ2n) is 6.32. The summed E-state index contributed by atoms with van der Waals surface area (Å²) in [6.07, 6.45) is 7.88. The van der Waals surface area contributed by atoms with Crippen molar-refractivity contribution in [3.63, 3.8) is 0 Å². The first-order valence-corrected chi connectivity index (χ1v) is 7.81. The molecule has 4 rings (SSSR count). The molecule has 0 bridgehead atoms. The number of hydrogen-bond donors (Lipinski definition) is 2. The Morgan fingerprint density at radius 1 is 1.05 bits per heavy atom. The molecule has 0 amide bonds. The predicted octanol–water partition coefficient (Wildman–Crippen LogP) is 1.65. The van der Waals surface area contributed by atoms with Gasteiger partial charge < -0.3 is 10.2 Å². The summed E-state index contributed by atoms with van der Waals surface area (Å²) in [5, 5.41) is 11.2. The zero-order valence-corrected chi connectivity index (χ0v) is 11.4. The van der Waals surface area contributed by atoms with Gasteiger partial charge in [0.1, 0.15) is 5.82 Å². The fourth-order valence-corrected chi connectivity index (χ4v) is 4.09. The Balaban J connectivity index is 1.54. The minimum absolute atomic E-state index is 0.612. The molecular weight excluding hydrogens is 238 g/mol. The van der Waals surface area contributed by atoms with Crippen LogP contribution in [0.4, 0.5) is 5.95 Å². The maximum atomic E-state index is 4.81. The molecule has 104 valence electrons. The van der Waals surface area contributed by atoms with E-state index in [1.807, 2.05) is 0 Å². The molecule has 3 aliphatic rings. The van der Waals surface area contributed by atoms with Crippen LogP contribution in [0.25, 0.3) is 0 Å². The highest BCUT2D eigenvalue weighted by Gasteiger charge is 2.36. The smallest absolute Gasteiger partial charge is 0.245 e. The summed E-state index contributed by atoms with van der Waals surface area (Å²) in [4.78, 5) is 7.24. The van der Waals surface area contributed by atoms with Crippen molar-refractivity contribution in [3.8, 4) is 0 Å². The van der Waals surface area contributed by atoms with Crippen molar-refractivity contribution in [2.24, 2.45) is 5.92 Å². The lowest BCUT2D eigenvalue weighted by Gasteiger charge is -2.36. The van der Waals surface area contributed by atoms with Crippen LogP contribution in [0.1, 0.15) is 50.3 Å². The number of aromatic nitrogens is 3. The van der Waals surface area contributed by atoms with E-state index >= 15 is 0 Å². The van der Waals surface area contributed by atoms with E-state index in [1.54, 1.807) is 0 Å². The Morgan fingerprint density at radius 2 is 1.95 bits per heavy atom. The van der Waals surface area contributed by atoms with Crippen LogP contribution in [-0.2, 0) is 0 Å². The van der Waals surface area contributed by atoms with E-state index in [1.165, 1.54) is 45.1 Å². The summed E-state index contributed by atoms with van der Waals surface area (Å²) in [6, 6.07) is 0.612. The summed E-state index contributed by atoms with van der Waals surface area (Å²) in [5.74, 6) is 3.49. The average molecular weight is 261 g/mol. The largest absolute Gasteiger partial charge is 0.335 e. The molecule has 2 atom stereocenters. The molecule has 3 fully saturated rings. The van der Waals surface area contributed by atoms with Crippen molar-refractivity contribution >= 4 is 5.95 Å². The van der Waals surface area contributed by atoms with E-state index in [2.05, 4.69) is 20.4 Å². The lowest BCUT2D eigenvalue weighted by Crippen LogP contribution is -2.45. The fourth-order valence-electron chi connectivity index (χ4n) is 4.09. The Labute approximate surface area is 114 Å². The number of rotatable bonds is 2. The van der Waals surface area contributed by atoms with E-state index in [0.29, 0.717) is 12.0 Å². The number of piperidine rings is 1. The molecule has 0 radical (unpaired) electrons. The van der Waals surface area contributed by atoms with E-state index < -0.39 is 0 Å². The van der Waals surface area contributed by atoms with Gasteiger partial charge in [0.2, 0.25) is 5.95 Å². The van der Waals surface area contributed by atoms with Crippen molar-refractivity contribution < 1.29 is 0 Å². The van der Waals surface area contributed by atoms with Crippen molar-refractivity contribution in [1.29, 1.82) is 0 Å². The topological polar surface area (TPSA) is 56.8 Å². The molecule has 1 saturated carbocycles. The fraction of sp³-hybridized carbons (Fsp3) is 0.857. The van der Waals surface area contributed by atoms with Crippen LogP contribution in [0.15, 0.2) is 0 Å². The highest BCUT2D eigenvalue weighted by molar-refractivity contribution is 5.34. The van der Waals surface area contributed by atoms with Gasteiger partial charge in [-0.25, -0.2) is 0 Å². The van der Waals surface area contributed by atoms with Crippen molar-refractivity contribution in [2.45, 2.75) is 50.5 Å². The minimum Gasteiger partial charge on any atom is -0.335 e. The molecule has 1 aliphatic carbocycles. The Hall–Kier alpha value is -1.10. The number of H-pyrrole nitrogens is 1. The number of hydrogen-bond acceptors (Lipinski definition) is 4. The first-order chi connectivity index (χ1) is 9.42. The summed E-state index contributed by atoms with van der Waals surface area (Å²) in [5.41, 5.74) is 0. The molecule has 1 aromatic heterocycles. The molecule has 19 heavy (non-hydrogen) atoms. The third-order valence-electron chi connectivity index (χ3n) is 5.17. The van der Waals surface area contributed by atoms with Gasteiger partial charge in [0.15, 0.2) is 0 Å². The summed E-state index contributed by atoms with van der Waals surface area (Å²) < 4.78 is 0. The molecule has 0 aromatic carbocycles. The van der Waals surface area contributed by atoms with Gasteiger partial charge in [0.05, 0.1) is 0 Å². The standard InChI is InChI=1S/C14H23N5/c1-2-5-10(4-1)13-16-14(18-17-13)19-7-3-6-11-8-15-9-12(11)19/h10-12,15H,1-9H2,(H,16,17,18). The molecule has 5 heteroatoms. The SMILES string of the molecule is C1CCC(c2nc(N3CCCC4CNCC43)n[nH]2)C1. The van der Waals surface area contributed by atoms with Gasteiger partial charge in [-0.1, -0.05) is 12.8 Å². The van der Waals surface area contributed by atoms with E-state index in [9.17, 15) is 0 Å². The highest BCUT2D eigenvalue weighted by Crippen LogP contribution is 2.34. The number of fused-ring (bicyclic) bond motifs is 1. The number of anilines is 1. The molecule has 0 spiro atoms. The Bertz CT molecular complexity index is 437. The molecule has 2 unspecified atom stereocenters. The van der Waals surface area contributed by atoms with E-state index in [-0.39, 0.29) is 0 Å². The molecular formula is C14H23N5. The molecule has 1 aromatic rings. The minimum atomic E-state index is 0.612. The Kier molecular flexibility index (Phi) is 2.94. The van der Waals surface area contributed by atoms with Crippen LogP contribution in [0, 0.1) is 5.92 Å². The normalized spacial score (nSPS) is 31.9. The maximum Gasteiger partial charge on any atom is 0.245 e. The van der Waals surface area contributed by atoms with Crippen LogP contribution >= 0.6 is 0 Å². The number of aromatic amines is 1. The number of nitrogens with one attached hydrogen (secondary N) is 2. The van der Waals surface area contributed by atoms with Gasteiger partial charge >= 0.3 is 0 Å². The third-order valence-corrected chi connectivity index (χ3v) is 5.17. The monoisotopic (exact) mass is 261 g/mol. The van der Waals surface area contributed by atoms with Crippen LogP contribution in [0.3, 0.4) is 0 Å². The summed E-state index contributed by atoms with van der Waals surface area (Å²) in [7, 11) is 0. The number of nitrogens with zero attached hydrogens (tertiary/aromatic N) is 3. The maximum absolute atomic E-state index is 4.81. The predicted molar refractivity (Wildman–Crippen MR) is 74.3 cm³/mol. The molecule has 2 aliphatic heterocycles. The first-order valence-electron chi connectivity index (χ1n) is 7.81. The zero-order valence-electron chi connectivity index (χ0n) is 11.4. The van der Waals surface area contributed by atoms with Gasteiger partial charge in [-0.2, -0.15) is 4.98 Å². The van der Waals surface area contributed by atoms with Crippen LogP contribution < -0.4 is 10.2 Å². The quantitative estimate of drug-likeness (QED) is 0.850. The second-order valence-corrected chi connectivity index (χ2v) is 6.32. The summed E-state index contributed by atoms with van der Waals surface area (Å²) in [6.45, 7) is 3.38. The molecule has 3 heterocycles. The van der Waals surface area contributed by atoms with Crippen molar-refractivity contribution in [3.05, 3.63) is 5.82 Å². The Morgan fingerprint density at radius 3 is 2.84 bits per heavy atom. The summed E-state index contributed by atoms with van der Waals surface area (Å²) >= 11 is 0. The first kappa shape index (κ1) is 11.7. The third kappa shape index (κ3) is 2.04. The van der Waals surface area contributed by atoms with Crippen LogP contribution in [0.5, 0.6) is 0 Å². The highest BCUT2D eigenvalue weighted by atomic mass is 15.4. The molecule has 2 saturated heterocycles. The van der Waals surface area contributed by atoms with E-state index in [4.69, 9.17) is 4.98 Å². The van der Waals surface area contributed by atoms with Gasteiger partial charge in [0.25, 0.3) is 0 Å². The van der Waals surface area contributed by atoms with Gasteiger partial charge in [-0.05, 0) is 31.6 Å². The van der Waals surface area contributed by atoms with Crippen molar-refractivity contribution in [1.82, 2.24) is 20.5 Å². The lowest BCUT2D eigenvalue weighted by atomic mass is 9.92. The van der Waals surface area contributed by atoms with E-state index in [0.717, 1.165) is 30.8 Å². The molecule has 5 nitrogen and oxygen atoms in total. The van der Waals surface area contributed by atoms with Crippen LogP contribution in [-0.4, -0.2) is 40.9 Å². The second kappa shape index (κ2) is 4.78. The molecule has 2 N–H and O–H groups in total. The zero-order chi connectivity index (χ0) is 12.7. The van der Waals surface area contributed by atoms with Crippen LogP contribution in [0.2, 0.25) is 0 Å². The lowest BCUT2D eigenvalue weighted by molar-refractivity contribution is 0.381. The van der Waals surface area contributed by atoms with Crippen molar-refractivity contribution in [2.75, 3.05) is 24.5 Å². The average Bonchev–Trinajstić information content (AvgIpc) is 3.18.